The van der Waals surface area contributed by atoms with Gasteiger partial charge in [0.1, 0.15) is 23.7 Å². The molecule has 2 aromatic carbocycles. The molecule has 3 rings (SSSR count). The maximum Gasteiger partial charge on any atom is 0.143 e. The second-order valence-electron chi connectivity index (χ2n) is 5.71. The van der Waals surface area contributed by atoms with Crippen LogP contribution in [0.3, 0.4) is 0 Å². The molecule has 0 atom stereocenters. The van der Waals surface area contributed by atoms with E-state index < -0.39 is 0 Å². The number of anilines is 4. The van der Waals surface area contributed by atoms with E-state index in [0.29, 0.717) is 16.7 Å². The minimum atomic E-state index is 0.0911. The van der Waals surface area contributed by atoms with Crippen LogP contribution in [0.4, 0.5) is 23.0 Å². The van der Waals surface area contributed by atoms with Crippen LogP contribution in [0.5, 0.6) is 5.75 Å². The lowest BCUT2D eigenvalue weighted by atomic mass is 10.3. The Labute approximate surface area is 152 Å². The average molecular weight is 355 g/mol. The Hall–Kier alpha value is -2.79. The number of halogens is 1. The van der Waals surface area contributed by atoms with Crippen molar-refractivity contribution < 1.29 is 4.74 Å². The number of aromatic nitrogens is 2. The van der Waals surface area contributed by atoms with Crippen molar-refractivity contribution in [3.05, 3.63) is 65.9 Å². The fourth-order valence-electron chi connectivity index (χ4n) is 2.27. The normalized spacial score (nSPS) is 10.6. The number of para-hydroxylation sites is 2. The minimum absolute atomic E-state index is 0.0911. The predicted molar refractivity (Wildman–Crippen MR) is 102 cm³/mol. The Morgan fingerprint density at radius 2 is 1.68 bits per heavy atom. The van der Waals surface area contributed by atoms with Crippen LogP contribution in [0, 0.1) is 0 Å². The van der Waals surface area contributed by atoms with Crippen molar-refractivity contribution >= 4 is 34.6 Å². The zero-order chi connectivity index (χ0) is 17.6. The van der Waals surface area contributed by atoms with Gasteiger partial charge in [-0.1, -0.05) is 29.8 Å². The first-order valence-electron chi connectivity index (χ1n) is 7.97. The zero-order valence-corrected chi connectivity index (χ0v) is 14.8. The molecule has 5 nitrogen and oxygen atoms in total. The number of rotatable bonds is 6. The van der Waals surface area contributed by atoms with Crippen molar-refractivity contribution in [2.24, 2.45) is 0 Å². The summed E-state index contributed by atoms with van der Waals surface area (Å²) in [4.78, 5) is 8.51. The standard InChI is InChI=1S/C19H19ClN4O/c1-13(2)25-17-9-4-3-8-16(17)24-19-11-18(21-12-22-19)23-15-7-5-6-14(20)10-15/h3-13H,1-2H3,(H2,21,22,23,24). The number of ether oxygens (including phenoxy) is 1. The number of hydrogen-bond acceptors (Lipinski definition) is 5. The highest BCUT2D eigenvalue weighted by Crippen LogP contribution is 2.28. The molecular weight excluding hydrogens is 336 g/mol. The van der Waals surface area contributed by atoms with Gasteiger partial charge in [0.2, 0.25) is 0 Å². The molecule has 2 N–H and O–H groups in total. The van der Waals surface area contributed by atoms with Crippen molar-refractivity contribution in [3.8, 4) is 5.75 Å². The monoisotopic (exact) mass is 354 g/mol. The molecule has 0 unspecified atom stereocenters. The van der Waals surface area contributed by atoms with Gasteiger partial charge in [0, 0.05) is 16.8 Å². The van der Waals surface area contributed by atoms with Crippen LogP contribution in [-0.4, -0.2) is 16.1 Å². The smallest absolute Gasteiger partial charge is 0.143 e. The van der Waals surface area contributed by atoms with E-state index >= 15 is 0 Å². The molecule has 0 aliphatic heterocycles. The highest BCUT2D eigenvalue weighted by Gasteiger charge is 2.07. The molecule has 0 amide bonds. The fraction of sp³-hybridized carbons (Fsp3) is 0.158. The molecule has 0 saturated heterocycles. The molecule has 25 heavy (non-hydrogen) atoms. The molecular formula is C19H19ClN4O. The Balaban J connectivity index is 1.78. The van der Waals surface area contributed by atoms with Crippen LogP contribution < -0.4 is 15.4 Å². The lowest BCUT2D eigenvalue weighted by Gasteiger charge is -2.15. The summed E-state index contributed by atoms with van der Waals surface area (Å²) >= 11 is 6.01. The Kier molecular flexibility index (Phi) is 5.36. The van der Waals surface area contributed by atoms with E-state index in [9.17, 15) is 0 Å². The summed E-state index contributed by atoms with van der Waals surface area (Å²) in [5, 5.41) is 7.15. The molecule has 0 aliphatic carbocycles. The van der Waals surface area contributed by atoms with E-state index in [1.165, 1.54) is 6.33 Å². The maximum absolute atomic E-state index is 6.01. The highest BCUT2D eigenvalue weighted by molar-refractivity contribution is 6.30. The summed E-state index contributed by atoms with van der Waals surface area (Å²) in [6.45, 7) is 3.99. The van der Waals surface area contributed by atoms with Crippen LogP contribution >= 0.6 is 11.6 Å². The van der Waals surface area contributed by atoms with Gasteiger partial charge in [-0.05, 0) is 44.2 Å². The van der Waals surface area contributed by atoms with E-state index in [4.69, 9.17) is 16.3 Å². The summed E-state index contributed by atoms with van der Waals surface area (Å²) < 4.78 is 5.82. The van der Waals surface area contributed by atoms with Crippen LogP contribution in [0.15, 0.2) is 60.9 Å². The summed E-state index contributed by atoms with van der Waals surface area (Å²) in [6, 6.07) is 17.0. The van der Waals surface area contributed by atoms with Gasteiger partial charge >= 0.3 is 0 Å². The van der Waals surface area contributed by atoms with Gasteiger partial charge in [-0.3, -0.25) is 0 Å². The second-order valence-corrected chi connectivity index (χ2v) is 6.15. The fourth-order valence-corrected chi connectivity index (χ4v) is 2.46. The Morgan fingerprint density at radius 3 is 2.44 bits per heavy atom. The number of hydrogen-bond donors (Lipinski definition) is 2. The predicted octanol–water partition coefficient (Wildman–Crippen LogP) is 5.40. The van der Waals surface area contributed by atoms with Crippen molar-refractivity contribution in [2.75, 3.05) is 10.6 Å². The van der Waals surface area contributed by atoms with Gasteiger partial charge in [-0.15, -0.1) is 0 Å². The summed E-state index contributed by atoms with van der Waals surface area (Å²) in [6.07, 6.45) is 1.59. The zero-order valence-electron chi connectivity index (χ0n) is 14.0. The van der Waals surface area contributed by atoms with Crippen LogP contribution in [-0.2, 0) is 0 Å². The minimum Gasteiger partial charge on any atom is -0.489 e. The molecule has 0 radical (unpaired) electrons. The van der Waals surface area contributed by atoms with Gasteiger partial charge in [0.15, 0.2) is 0 Å². The molecule has 1 aromatic heterocycles. The topological polar surface area (TPSA) is 59.1 Å². The van der Waals surface area contributed by atoms with Crippen LogP contribution in [0.2, 0.25) is 5.02 Å². The van der Waals surface area contributed by atoms with E-state index in [1.54, 1.807) is 0 Å². The van der Waals surface area contributed by atoms with Crippen LogP contribution in [0.1, 0.15) is 13.8 Å². The lowest BCUT2D eigenvalue weighted by molar-refractivity contribution is 0.244. The molecule has 0 aliphatic rings. The molecule has 3 aromatic rings. The average Bonchev–Trinajstić information content (AvgIpc) is 2.57. The first-order chi connectivity index (χ1) is 12.1. The first-order valence-corrected chi connectivity index (χ1v) is 8.35. The molecule has 0 spiro atoms. The van der Waals surface area contributed by atoms with E-state index in [2.05, 4.69) is 20.6 Å². The van der Waals surface area contributed by atoms with E-state index in [1.807, 2.05) is 68.4 Å². The molecule has 0 saturated carbocycles. The van der Waals surface area contributed by atoms with Crippen molar-refractivity contribution in [3.63, 3.8) is 0 Å². The SMILES string of the molecule is CC(C)Oc1ccccc1Nc1cc(Nc2cccc(Cl)c2)ncn1. The lowest BCUT2D eigenvalue weighted by Crippen LogP contribution is -2.07. The van der Waals surface area contributed by atoms with Crippen LogP contribution in [0.25, 0.3) is 0 Å². The number of nitrogens with zero attached hydrogens (tertiary/aromatic N) is 2. The Bertz CT molecular complexity index is 854. The van der Waals surface area contributed by atoms with Gasteiger partial charge in [-0.25, -0.2) is 9.97 Å². The number of nitrogens with one attached hydrogen (secondary N) is 2. The third-order valence-electron chi connectivity index (χ3n) is 3.28. The quantitative estimate of drug-likeness (QED) is 0.620. The first kappa shape index (κ1) is 17.0. The molecule has 6 heteroatoms. The largest absolute Gasteiger partial charge is 0.489 e. The molecule has 0 bridgehead atoms. The van der Waals surface area contributed by atoms with E-state index in [0.717, 1.165) is 17.1 Å². The Morgan fingerprint density at radius 1 is 0.920 bits per heavy atom. The second kappa shape index (κ2) is 7.85. The molecule has 0 fully saturated rings. The van der Waals surface area contributed by atoms with Crippen molar-refractivity contribution in [2.45, 2.75) is 20.0 Å². The van der Waals surface area contributed by atoms with Gasteiger partial charge < -0.3 is 15.4 Å². The van der Waals surface area contributed by atoms with Gasteiger partial charge in [-0.2, -0.15) is 0 Å². The van der Waals surface area contributed by atoms with Crippen molar-refractivity contribution in [1.82, 2.24) is 9.97 Å². The van der Waals surface area contributed by atoms with Gasteiger partial charge in [0.05, 0.1) is 11.8 Å². The van der Waals surface area contributed by atoms with Crippen molar-refractivity contribution in [1.29, 1.82) is 0 Å². The number of benzene rings is 2. The summed E-state index contributed by atoms with van der Waals surface area (Å²) in [5.41, 5.74) is 1.71. The third kappa shape index (κ3) is 4.84. The van der Waals surface area contributed by atoms with Gasteiger partial charge in [0.25, 0.3) is 0 Å². The maximum atomic E-state index is 6.01. The van der Waals surface area contributed by atoms with E-state index in [-0.39, 0.29) is 6.10 Å². The molecule has 128 valence electrons. The summed E-state index contributed by atoms with van der Waals surface area (Å²) in [7, 11) is 0. The third-order valence-corrected chi connectivity index (χ3v) is 3.51. The summed E-state index contributed by atoms with van der Waals surface area (Å²) in [5.74, 6) is 2.11. The highest BCUT2D eigenvalue weighted by atomic mass is 35.5. The molecule has 1 heterocycles.